The van der Waals surface area contributed by atoms with Crippen LogP contribution >= 0.6 is 15.9 Å². The zero-order valence-corrected chi connectivity index (χ0v) is 12.2. The summed E-state index contributed by atoms with van der Waals surface area (Å²) in [6.45, 7) is 0.926. The highest BCUT2D eigenvalue weighted by Gasteiger charge is 2.23. The van der Waals surface area contributed by atoms with Gasteiger partial charge in [0.05, 0.1) is 22.8 Å². The van der Waals surface area contributed by atoms with Crippen LogP contribution in [-0.4, -0.2) is 33.0 Å². The van der Waals surface area contributed by atoms with Crippen molar-refractivity contribution in [1.29, 1.82) is 5.26 Å². The van der Waals surface area contributed by atoms with Crippen molar-refractivity contribution in [3.05, 3.63) is 29.3 Å². The highest BCUT2D eigenvalue weighted by molar-refractivity contribution is 9.08. The van der Waals surface area contributed by atoms with Crippen molar-refractivity contribution >= 4 is 31.5 Å². The third-order valence-corrected chi connectivity index (χ3v) is 5.28. The number of halogens is 1. The van der Waals surface area contributed by atoms with Crippen LogP contribution in [0.1, 0.15) is 11.1 Å². The molecule has 0 radical (unpaired) electrons. The maximum Gasteiger partial charge on any atom is 0.153 e. The first-order valence-electron chi connectivity index (χ1n) is 5.60. The van der Waals surface area contributed by atoms with E-state index in [0.29, 0.717) is 24.0 Å². The molecule has 0 N–H and O–H groups in total. The molecule has 1 saturated heterocycles. The number of nitriles is 1. The van der Waals surface area contributed by atoms with Crippen molar-refractivity contribution in [2.45, 2.75) is 5.33 Å². The van der Waals surface area contributed by atoms with E-state index >= 15 is 0 Å². The largest absolute Gasteiger partial charge is 0.368 e. The Kier molecular flexibility index (Phi) is 3.93. The average Bonchev–Trinajstić information content (AvgIpc) is 2.38. The minimum absolute atomic E-state index is 0.165. The quantitative estimate of drug-likeness (QED) is 0.775. The minimum Gasteiger partial charge on any atom is -0.368 e. The SMILES string of the molecule is N#Cc1cc(CBr)ccc1N1CCS(=O)(=O)CC1. The van der Waals surface area contributed by atoms with Gasteiger partial charge in [-0.3, -0.25) is 0 Å². The standard InChI is InChI=1S/C12H13BrN2O2S/c13-8-10-1-2-12(11(7-10)9-14)15-3-5-18(16,17)6-4-15/h1-2,7H,3-6,8H2. The van der Waals surface area contributed by atoms with E-state index in [2.05, 4.69) is 22.0 Å². The Morgan fingerprint density at radius 2 is 2.00 bits per heavy atom. The maximum absolute atomic E-state index is 11.4. The zero-order chi connectivity index (χ0) is 13.2. The summed E-state index contributed by atoms with van der Waals surface area (Å²) in [4.78, 5) is 1.97. The molecule has 1 aromatic rings. The van der Waals surface area contributed by atoms with E-state index in [4.69, 9.17) is 5.26 Å². The molecule has 0 atom stereocenters. The van der Waals surface area contributed by atoms with E-state index in [1.54, 1.807) is 0 Å². The molecule has 0 bridgehead atoms. The number of rotatable bonds is 2. The summed E-state index contributed by atoms with van der Waals surface area (Å²) < 4.78 is 22.8. The van der Waals surface area contributed by atoms with E-state index < -0.39 is 9.84 Å². The number of nitrogens with zero attached hydrogens (tertiary/aromatic N) is 2. The van der Waals surface area contributed by atoms with Crippen LogP contribution in [0.15, 0.2) is 18.2 Å². The van der Waals surface area contributed by atoms with Gasteiger partial charge in [0, 0.05) is 18.4 Å². The van der Waals surface area contributed by atoms with Crippen molar-refractivity contribution in [1.82, 2.24) is 0 Å². The molecule has 0 aromatic heterocycles. The zero-order valence-electron chi connectivity index (χ0n) is 9.76. The van der Waals surface area contributed by atoms with Crippen LogP contribution in [0.2, 0.25) is 0 Å². The number of hydrogen-bond acceptors (Lipinski definition) is 4. The fourth-order valence-corrected chi connectivity index (χ4v) is 3.53. The molecule has 1 fully saturated rings. The predicted molar refractivity (Wildman–Crippen MR) is 74.7 cm³/mol. The fraction of sp³-hybridized carbons (Fsp3) is 0.417. The monoisotopic (exact) mass is 328 g/mol. The maximum atomic E-state index is 11.4. The van der Waals surface area contributed by atoms with E-state index in [0.717, 1.165) is 11.3 Å². The Hall–Kier alpha value is -1.06. The fourth-order valence-electron chi connectivity index (χ4n) is 1.98. The van der Waals surface area contributed by atoms with Gasteiger partial charge in [-0.05, 0) is 17.7 Å². The molecule has 0 unspecified atom stereocenters. The Bertz CT molecular complexity index is 579. The van der Waals surface area contributed by atoms with E-state index in [1.165, 1.54) is 0 Å². The lowest BCUT2D eigenvalue weighted by Crippen LogP contribution is -2.40. The molecule has 96 valence electrons. The normalized spacial score (nSPS) is 18.3. The molecule has 0 saturated carbocycles. The summed E-state index contributed by atoms with van der Waals surface area (Å²) in [5, 5.41) is 9.87. The van der Waals surface area contributed by atoms with Gasteiger partial charge in [-0.1, -0.05) is 22.0 Å². The smallest absolute Gasteiger partial charge is 0.153 e. The Morgan fingerprint density at radius 1 is 1.33 bits per heavy atom. The van der Waals surface area contributed by atoms with Crippen LogP contribution in [-0.2, 0) is 15.2 Å². The highest BCUT2D eigenvalue weighted by Crippen LogP contribution is 2.24. The van der Waals surface area contributed by atoms with Crippen LogP contribution in [0.4, 0.5) is 5.69 Å². The highest BCUT2D eigenvalue weighted by atomic mass is 79.9. The summed E-state index contributed by atoms with van der Waals surface area (Å²) in [5.74, 6) is 0.329. The number of benzene rings is 1. The first-order valence-corrected chi connectivity index (χ1v) is 8.54. The van der Waals surface area contributed by atoms with E-state index in [1.807, 2.05) is 23.1 Å². The van der Waals surface area contributed by atoms with Gasteiger partial charge in [-0.15, -0.1) is 0 Å². The summed E-state index contributed by atoms with van der Waals surface area (Å²) in [6.07, 6.45) is 0. The lowest BCUT2D eigenvalue weighted by molar-refractivity contribution is 0.587. The third-order valence-electron chi connectivity index (χ3n) is 3.02. The molecule has 0 aliphatic carbocycles. The van der Waals surface area contributed by atoms with Crippen molar-refractivity contribution in [2.24, 2.45) is 0 Å². The molecule has 1 aliphatic heterocycles. The number of alkyl halides is 1. The molecule has 4 nitrogen and oxygen atoms in total. The molecule has 2 rings (SSSR count). The van der Waals surface area contributed by atoms with Crippen molar-refractivity contribution in [2.75, 3.05) is 29.5 Å². The van der Waals surface area contributed by atoms with Gasteiger partial charge in [-0.25, -0.2) is 8.42 Å². The second-order valence-electron chi connectivity index (χ2n) is 4.24. The minimum atomic E-state index is -2.89. The van der Waals surface area contributed by atoms with Gasteiger partial charge >= 0.3 is 0 Å². The van der Waals surface area contributed by atoms with Crippen LogP contribution in [0.25, 0.3) is 0 Å². The molecule has 1 aliphatic rings. The molecular formula is C12H13BrN2O2S. The summed E-state index contributed by atoms with van der Waals surface area (Å²) in [6, 6.07) is 7.87. The molecule has 0 amide bonds. The number of hydrogen-bond donors (Lipinski definition) is 0. The van der Waals surface area contributed by atoms with Crippen molar-refractivity contribution in [3.8, 4) is 6.07 Å². The Morgan fingerprint density at radius 3 is 2.56 bits per heavy atom. The first-order chi connectivity index (χ1) is 8.55. The molecule has 18 heavy (non-hydrogen) atoms. The van der Waals surface area contributed by atoms with Gasteiger partial charge in [0.15, 0.2) is 9.84 Å². The molecule has 1 aromatic carbocycles. The second-order valence-corrected chi connectivity index (χ2v) is 7.10. The van der Waals surface area contributed by atoms with Crippen LogP contribution < -0.4 is 4.90 Å². The lowest BCUT2D eigenvalue weighted by atomic mass is 10.1. The number of anilines is 1. The lowest BCUT2D eigenvalue weighted by Gasteiger charge is -2.29. The van der Waals surface area contributed by atoms with E-state index in [-0.39, 0.29) is 11.5 Å². The van der Waals surface area contributed by atoms with Crippen LogP contribution in [0.5, 0.6) is 0 Å². The first kappa shape index (κ1) is 13.4. The molecular weight excluding hydrogens is 316 g/mol. The molecule has 1 heterocycles. The van der Waals surface area contributed by atoms with Gasteiger partial charge in [0.2, 0.25) is 0 Å². The van der Waals surface area contributed by atoms with Gasteiger partial charge < -0.3 is 4.90 Å². The molecule has 6 heteroatoms. The summed E-state index contributed by atoms with van der Waals surface area (Å²) >= 11 is 3.35. The summed E-state index contributed by atoms with van der Waals surface area (Å²) in [7, 11) is -2.89. The van der Waals surface area contributed by atoms with E-state index in [9.17, 15) is 8.42 Å². The number of sulfone groups is 1. The Labute approximate surface area is 115 Å². The van der Waals surface area contributed by atoms with Gasteiger partial charge in [0.25, 0.3) is 0 Å². The summed E-state index contributed by atoms with van der Waals surface area (Å²) in [5.41, 5.74) is 2.48. The Balaban J connectivity index is 2.27. The van der Waals surface area contributed by atoms with Gasteiger partial charge in [-0.2, -0.15) is 5.26 Å². The molecule has 0 spiro atoms. The van der Waals surface area contributed by atoms with Crippen LogP contribution in [0, 0.1) is 11.3 Å². The third kappa shape index (κ3) is 2.85. The average molecular weight is 329 g/mol. The van der Waals surface area contributed by atoms with Crippen LogP contribution in [0.3, 0.4) is 0 Å². The van der Waals surface area contributed by atoms with Gasteiger partial charge in [0.1, 0.15) is 6.07 Å². The topological polar surface area (TPSA) is 61.2 Å². The second kappa shape index (κ2) is 5.29. The predicted octanol–water partition coefficient (Wildman–Crippen LogP) is 1.69. The van der Waals surface area contributed by atoms with Crippen molar-refractivity contribution in [3.63, 3.8) is 0 Å². The van der Waals surface area contributed by atoms with Crippen molar-refractivity contribution < 1.29 is 8.42 Å².